The minimum Gasteiger partial charge on any atom is -0.341 e. The first-order valence-electron chi connectivity index (χ1n) is 6.85. The summed E-state index contributed by atoms with van der Waals surface area (Å²) in [5, 5.41) is 2.72. The molecule has 2 nitrogen and oxygen atoms in total. The SMILES string of the molecule is CCn1c2ccccc2c2cc([N+](C)(C)C)ccc21. The van der Waals surface area contributed by atoms with Crippen LogP contribution in [0.25, 0.3) is 21.8 Å². The lowest BCUT2D eigenvalue weighted by atomic mass is 10.1. The van der Waals surface area contributed by atoms with Gasteiger partial charge in [0.05, 0.1) is 21.1 Å². The topological polar surface area (TPSA) is 4.93 Å². The van der Waals surface area contributed by atoms with Gasteiger partial charge < -0.3 is 4.57 Å². The predicted molar refractivity (Wildman–Crippen MR) is 84.7 cm³/mol. The van der Waals surface area contributed by atoms with E-state index in [-0.39, 0.29) is 0 Å². The minimum atomic E-state index is 0.849. The van der Waals surface area contributed by atoms with Crippen molar-refractivity contribution in [3.63, 3.8) is 0 Å². The Balaban J connectivity index is 2.43. The summed E-state index contributed by atoms with van der Waals surface area (Å²) in [4.78, 5) is 0. The average Bonchev–Trinajstić information content (AvgIpc) is 2.70. The Labute approximate surface area is 114 Å². The van der Waals surface area contributed by atoms with Crippen molar-refractivity contribution in [3.8, 4) is 0 Å². The molecule has 1 heterocycles. The standard InChI is InChI=1S/C17H21N2/c1-5-18-16-9-7-6-8-14(16)15-12-13(19(2,3)4)10-11-17(15)18/h6-12H,5H2,1-4H3/q+1. The highest BCUT2D eigenvalue weighted by Gasteiger charge is 2.16. The van der Waals surface area contributed by atoms with E-state index in [1.807, 2.05) is 0 Å². The van der Waals surface area contributed by atoms with Gasteiger partial charge in [0.25, 0.3) is 0 Å². The quantitative estimate of drug-likeness (QED) is 0.608. The molecule has 0 aliphatic carbocycles. The molecule has 19 heavy (non-hydrogen) atoms. The lowest BCUT2D eigenvalue weighted by Crippen LogP contribution is -2.34. The first kappa shape index (κ1) is 12.2. The summed E-state index contributed by atoms with van der Waals surface area (Å²) in [5.41, 5.74) is 4.01. The summed E-state index contributed by atoms with van der Waals surface area (Å²) < 4.78 is 3.24. The molecular weight excluding hydrogens is 232 g/mol. The van der Waals surface area contributed by atoms with E-state index in [1.165, 1.54) is 27.5 Å². The average molecular weight is 253 g/mol. The molecule has 0 N–H and O–H groups in total. The fourth-order valence-corrected chi connectivity index (χ4v) is 2.80. The summed E-state index contributed by atoms with van der Waals surface area (Å²) in [6, 6.07) is 15.5. The molecule has 0 spiro atoms. The highest BCUT2D eigenvalue weighted by atomic mass is 15.3. The molecule has 0 bridgehead atoms. The van der Waals surface area contributed by atoms with Crippen molar-refractivity contribution in [2.45, 2.75) is 13.5 Å². The van der Waals surface area contributed by atoms with Crippen molar-refractivity contribution >= 4 is 27.5 Å². The van der Waals surface area contributed by atoms with Crippen LogP contribution in [0.4, 0.5) is 5.69 Å². The lowest BCUT2D eigenvalue weighted by Gasteiger charge is -2.23. The van der Waals surface area contributed by atoms with Crippen molar-refractivity contribution in [1.29, 1.82) is 0 Å². The van der Waals surface area contributed by atoms with Crippen molar-refractivity contribution in [2.24, 2.45) is 0 Å². The normalized spacial score (nSPS) is 12.4. The maximum absolute atomic E-state index is 2.39. The van der Waals surface area contributed by atoms with Crippen LogP contribution in [0, 0.1) is 0 Å². The van der Waals surface area contributed by atoms with Gasteiger partial charge in [0.1, 0.15) is 5.69 Å². The maximum Gasteiger partial charge on any atom is 0.132 e. The van der Waals surface area contributed by atoms with Gasteiger partial charge in [-0.2, -0.15) is 0 Å². The molecule has 0 saturated carbocycles. The molecule has 3 aromatic rings. The predicted octanol–water partition coefficient (Wildman–Crippen LogP) is 4.01. The Bertz CT molecular complexity index is 745. The third-order valence-corrected chi connectivity index (χ3v) is 3.85. The molecule has 0 aliphatic rings. The Hall–Kier alpha value is -1.80. The number of aryl methyl sites for hydroxylation is 1. The van der Waals surface area contributed by atoms with Crippen LogP contribution in [-0.2, 0) is 6.54 Å². The summed E-state index contributed by atoms with van der Waals surface area (Å²) in [6.45, 7) is 3.22. The summed E-state index contributed by atoms with van der Waals surface area (Å²) in [5.74, 6) is 0. The maximum atomic E-state index is 2.39. The fourth-order valence-electron chi connectivity index (χ4n) is 2.80. The van der Waals surface area contributed by atoms with Gasteiger partial charge in [0.2, 0.25) is 0 Å². The van der Waals surface area contributed by atoms with Crippen LogP contribution in [0.3, 0.4) is 0 Å². The molecule has 98 valence electrons. The molecule has 0 amide bonds. The van der Waals surface area contributed by atoms with Gasteiger partial charge in [-0.1, -0.05) is 18.2 Å². The van der Waals surface area contributed by atoms with Crippen LogP contribution in [0.1, 0.15) is 6.92 Å². The van der Waals surface area contributed by atoms with Gasteiger partial charge in [-0.15, -0.1) is 0 Å². The largest absolute Gasteiger partial charge is 0.341 e. The van der Waals surface area contributed by atoms with Crippen LogP contribution in [-0.4, -0.2) is 25.7 Å². The third-order valence-electron chi connectivity index (χ3n) is 3.85. The van der Waals surface area contributed by atoms with E-state index in [0.717, 1.165) is 11.0 Å². The molecule has 0 fully saturated rings. The highest BCUT2D eigenvalue weighted by Crippen LogP contribution is 2.32. The Morgan fingerprint density at radius 2 is 1.58 bits per heavy atom. The molecular formula is C17H21N2+. The van der Waals surface area contributed by atoms with E-state index >= 15 is 0 Å². The van der Waals surface area contributed by atoms with Crippen molar-refractivity contribution in [2.75, 3.05) is 21.1 Å². The molecule has 2 aromatic carbocycles. The van der Waals surface area contributed by atoms with Crippen LogP contribution < -0.4 is 4.48 Å². The van der Waals surface area contributed by atoms with Gasteiger partial charge >= 0.3 is 0 Å². The zero-order valence-electron chi connectivity index (χ0n) is 12.1. The highest BCUT2D eigenvalue weighted by molar-refractivity contribution is 6.09. The number of quaternary nitrogens is 1. The number of hydrogen-bond acceptors (Lipinski definition) is 0. The zero-order valence-corrected chi connectivity index (χ0v) is 12.1. The molecule has 0 radical (unpaired) electrons. The van der Waals surface area contributed by atoms with Gasteiger partial charge in [0, 0.05) is 40.5 Å². The second-order valence-electron chi connectivity index (χ2n) is 5.98. The fraction of sp³-hybridized carbons (Fsp3) is 0.294. The second kappa shape index (κ2) is 4.10. The van der Waals surface area contributed by atoms with Crippen molar-refractivity contribution < 1.29 is 0 Å². The van der Waals surface area contributed by atoms with Crippen molar-refractivity contribution in [3.05, 3.63) is 42.5 Å². The number of nitrogens with zero attached hydrogens (tertiary/aromatic N) is 2. The molecule has 0 saturated heterocycles. The minimum absolute atomic E-state index is 0.849. The van der Waals surface area contributed by atoms with E-state index in [2.05, 4.69) is 75.1 Å². The molecule has 1 aromatic heterocycles. The van der Waals surface area contributed by atoms with E-state index in [9.17, 15) is 0 Å². The van der Waals surface area contributed by atoms with Gasteiger partial charge in [0.15, 0.2) is 0 Å². The van der Waals surface area contributed by atoms with Gasteiger partial charge in [-0.05, 0) is 19.1 Å². The Morgan fingerprint density at radius 1 is 0.895 bits per heavy atom. The monoisotopic (exact) mass is 253 g/mol. The summed E-state index contributed by atoms with van der Waals surface area (Å²) >= 11 is 0. The Morgan fingerprint density at radius 3 is 2.26 bits per heavy atom. The molecule has 0 atom stereocenters. The number of rotatable bonds is 2. The number of hydrogen-bond donors (Lipinski definition) is 0. The van der Waals surface area contributed by atoms with Crippen LogP contribution >= 0.6 is 0 Å². The van der Waals surface area contributed by atoms with Gasteiger partial charge in [-0.3, -0.25) is 4.48 Å². The third kappa shape index (κ3) is 1.83. The Kier molecular flexibility index (Phi) is 2.64. The summed E-state index contributed by atoms with van der Waals surface area (Å²) in [7, 11) is 6.63. The van der Waals surface area contributed by atoms with Crippen LogP contribution in [0.5, 0.6) is 0 Å². The molecule has 2 heteroatoms. The summed E-state index contributed by atoms with van der Waals surface area (Å²) in [6.07, 6.45) is 0. The van der Waals surface area contributed by atoms with Gasteiger partial charge in [-0.25, -0.2) is 0 Å². The molecule has 0 unspecified atom stereocenters. The smallest absolute Gasteiger partial charge is 0.132 e. The van der Waals surface area contributed by atoms with Crippen LogP contribution in [0.2, 0.25) is 0 Å². The second-order valence-corrected chi connectivity index (χ2v) is 5.98. The number of fused-ring (bicyclic) bond motifs is 3. The number of benzene rings is 2. The first-order valence-corrected chi connectivity index (χ1v) is 6.85. The lowest BCUT2D eigenvalue weighted by molar-refractivity contribution is 0.487. The first-order chi connectivity index (χ1) is 9.02. The number of aromatic nitrogens is 1. The van der Waals surface area contributed by atoms with E-state index in [0.29, 0.717) is 0 Å². The van der Waals surface area contributed by atoms with E-state index in [4.69, 9.17) is 0 Å². The van der Waals surface area contributed by atoms with Crippen molar-refractivity contribution in [1.82, 2.24) is 9.05 Å². The number of para-hydroxylation sites is 1. The van der Waals surface area contributed by atoms with E-state index < -0.39 is 0 Å². The van der Waals surface area contributed by atoms with Crippen LogP contribution in [0.15, 0.2) is 42.5 Å². The molecule has 0 aliphatic heterocycles. The zero-order chi connectivity index (χ0) is 13.6. The molecule has 3 rings (SSSR count). The van der Waals surface area contributed by atoms with E-state index in [1.54, 1.807) is 0 Å².